The second-order valence-electron chi connectivity index (χ2n) is 10.9. The Kier molecular flexibility index (Phi) is 7.56. The lowest BCUT2D eigenvalue weighted by molar-refractivity contribution is 0.0439. The molecule has 36 heavy (non-hydrogen) atoms. The van der Waals surface area contributed by atoms with Gasteiger partial charge in [0.15, 0.2) is 11.5 Å². The summed E-state index contributed by atoms with van der Waals surface area (Å²) in [5.74, 6) is 2.96. The van der Waals surface area contributed by atoms with Gasteiger partial charge in [-0.15, -0.1) is 0 Å². The van der Waals surface area contributed by atoms with Crippen molar-refractivity contribution < 1.29 is 19.0 Å². The van der Waals surface area contributed by atoms with Crippen LogP contribution in [0.15, 0.2) is 42.5 Å². The molecular weight excluding hydrogens is 454 g/mol. The van der Waals surface area contributed by atoms with Crippen molar-refractivity contribution in [1.29, 1.82) is 0 Å². The first-order valence-electron chi connectivity index (χ1n) is 13.4. The maximum atomic E-state index is 12.9. The van der Waals surface area contributed by atoms with Gasteiger partial charge in [-0.2, -0.15) is 0 Å². The minimum absolute atomic E-state index is 0.0306. The van der Waals surface area contributed by atoms with Crippen LogP contribution in [0.5, 0.6) is 17.2 Å². The van der Waals surface area contributed by atoms with E-state index in [9.17, 15) is 4.79 Å². The number of anilines is 1. The van der Waals surface area contributed by atoms with Gasteiger partial charge in [-0.05, 0) is 68.3 Å². The Hall–Kier alpha value is -2.93. The number of benzene rings is 2. The molecule has 194 valence electrons. The number of piperidine rings is 2. The number of ether oxygens (including phenoxy) is 3. The number of urea groups is 1. The largest absolute Gasteiger partial charge is 0.493 e. The zero-order valence-corrected chi connectivity index (χ0v) is 21.6. The molecule has 2 aromatic rings. The van der Waals surface area contributed by atoms with Gasteiger partial charge < -0.3 is 24.4 Å². The topological polar surface area (TPSA) is 63.3 Å². The number of rotatable bonds is 6. The molecule has 3 aliphatic heterocycles. The summed E-state index contributed by atoms with van der Waals surface area (Å²) in [7, 11) is 0. The fourth-order valence-electron chi connectivity index (χ4n) is 5.47. The van der Waals surface area contributed by atoms with Crippen molar-refractivity contribution in [2.75, 3.05) is 51.3 Å². The van der Waals surface area contributed by atoms with E-state index in [-0.39, 0.29) is 6.03 Å². The Labute approximate surface area is 214 Å². The fraction of sp³-hybridized carbons (Fsp3) is 0.552. The zero-order valence-electron chi connectivity index (χ0n) is 21.6. The molecule has 5 rings (SSSR count). The van der Waals surface area contributed by atoms with Crippen LogP contribution in [0, 0.1) is 11.3 Å². The maximum absolute atomic E-state index is 12.9. The van der Waals surface area contributed by atoms with Crippen LogP contribution in [0.1, 0.15) is 45.1 Å². The lowest BCUT2D eigenvalue weighted by atomic mass is 9.71. The Bertz CT molecular complexity index is 1040. The zero-order chi connectivity index (χ0) is 25.0. The number of nitrogens with zero attached hydrogens (tertiary/aromatic N) is 2. The maximum Gasteiger partial charge on any atom is 0.321 e. The number of likely N-dealkylation sites (tertiary alicyclic amines) is 2. The van der Waals surface area contributed by atoms with Crippen molar-refractivity contribution in [2.24, 2.45) is 11.3 Å². The molecule has 1 N–H and O–H groups in total. The standard InChI is InChI=1S/C29H39N3O4/c1-22(2)21-36-25-6-4-3-5-23(25)20-31-13-9-29(10-14-31)11-15-32(16-12-29)28(33)30-24-7-8-26-27(19-24)35-18-17-34-26/h3-8,19,22H,9-18,20-21H2,1-2H3,(H,30,33). The molecule has 0 radical (unpaired) electrons. The molecule has 2 fully saturated rings. The van der Waals surface area contributed by atoms with Crippen molar-refractivity contribution in [3.63, 3.8) is 0 Å². The minimum atomic E-state index is -0.0306. The van der Waals surface area contributed by atoms with Crippen molar-refractivity contribution in [2.45, 2.75) is 46.1 Å². The van der Waals surface area contributed by atoms with Crippen molar-refractivity contribution in [3.05, 3.63) is 48.0 Å². The molecule has 7 nitrogen and oxygen atoms in total. The highest BCUT2D eigenvalue weighted by Crippen LogP contribution is 2.42. The first-order chi connectivity index (χ1) is 17.5. The SMILES string of the molecule is CC(C)COc1ccccc1CN1CCC2(CC1)CCN(C(=O)Nc1ccc3c(c1)OCCO3)CC2. The third-order valence-electron chi connectivity index (χ3n) is 7.76. The quantitative estimate of drug-likeness (QED) is 0.584. The smallest absolute Gasteiger partial charge is 0.321 e. The van der Waals surface area contributed by atoms with E-state index in [2.05, 4.69) is 48.3 Å². The fourth-order valence-corrected chi connectivity index (χ4v) is 5.47. The monoisotopic (exact) mass is 493 g/mol. The van der Waals surface area contributed by atoms with Gasteiger partial charge in [-0.3, -0.25) is 4.90 Å². The number of hydrogen-bond donors (Lipinski definition) is 1. The second-order valence-corrected chi connectivity index (χ2v) is 10.9. The van der Waals surface area contributed by atoms with Gasteiger partial charge in [0.1, 0.15) is 19.0 Å². The van der Waals surface area contributed by atoms with Gasteiger partial charge in [-0.25, -0.2) is 4.79 Å². The van der Waals surface area contributed by atoms with E-state index in [0.29, 0.717) is 30.3 Å². The van der Waals surface area contributed by atoms with E-state index in [1.54, 1.807) is 0 Å². The molecule has 0 aliphatic carbocycles. The molecule has 0 atom stereocenters. The van der Waals surface area contributed by atoms with Gasteiger partial charge in [0, 0.05) is 37.0 Å². The average Bonchev–Trinajstić information content (AvgIpc) is 2.90. The number of hydrogen-bond acceptors (Lipinski definition) is 5. The van der Waals surface area contributed by atoms with Crippen molar-refractivity contribution in [3.8, 4) is 17.2 Å². The number of nitrogens with one attached hydrogen (secondary N) is 1. The molecule has 0 unspecified atom stereocenters. The van der Waals surface area contributed by atoms with Crippen molar-refractivity contribution >= 4 is 11.7 Å². The van der Waals surface area contributed by atoms with Crippen LogP contribution in [0.3, 0.4) is 0 Å². The number of carbonyl (C=O) groups is 1. The highest BCUT2D eigenvalue weighted by Gasteiger charge is 2.38. The molecule has 2 saturated heterocycles. The number of amides is 2. The molecule has 2 amide bonds. The second kappa shape index (κ2) is 11.0. The normalized spacial score (nSPS) is 19.4. The van der Waals surface area contributed by atoms with E-state index >= 15 is 0 Å². The number of para-hydroxylation sites is 1. The van der Waals surface area contributed by atoms with Gasteiger partial charge in [0.2, 0.25) is 0 Å². The van der Waals surface area contributed by atoms with E-state index < -0.39 is 0 Å². The van der Waals surface area contributed by atoms with Crippen molar-refractivity contribution in [1.82, 2.24) is 9.80 Å². The summed E-state index contributed by atoms with van der Waals surface area (Å²) in [6.45, 7) is 11.0. The third-order valence-corrected chi connectivity index (χ3v) is 7.76. The van der Waals surface area contributed by atoms with E-state index in [1.165, 1.54) is 18.4 Å². The van der Waals surface area contributed by atoms with Gasteiger partial charge >= 0.3 is 6.03 Å². The number of carbonyl (C=O) groups excluding carboxylic acids is 1. The van der Waals surface area contributed by atoms with Gasteiger partial charge in [-0.1, -0.05) is 32.0 Å². The third kappa shape index (κ3) is 5.89. The van der Waals surface area contributed by atoms with E-state index in [4.69, 9.17) is 14.2 Å². The molecule has 0 bridgehead atoms. The highest BCUT2D eigenvalue weighted by molar-refractivity contribution is 5.89. The van der Waals surface area contributed by atoms with Gasteiger partial charge in [0.05, 0.1) is 6.61 Å². The van der Waals surface area contributed by atoms with E-state index in [1.807, 2.05) is 23.1 Å². The summed E-state index contributed by atoms with van der Waals surface area (Å²) in [6, 6.07) is 14.0. The summed E-state index contributed by atoms with van der Waals surface area (Å²) in [5.41, 5.74) is 2.38. The first kappa shape index (κ1) is 24.8. The van der Waals surface area contributed by atoms with E-state index in [0.717, 1.165) is 69.4 Å². The van der Waals surface area contributed by atoms with Crippen LogP contribution < -0.4 is 19.5 Å². The Morgan fingerprint density at radius 2 is 1.67 bits per heavy atom. The summed E-state index contributed by atoms with van der Waals surface area (Å²) < 4.78 is 17.3. The van der Waals surface area contributed by atoms with Crippen LogP contribution in [0.2, 0.25) is 0 Å². The predicted octanol–water partition coefficient (Wildman–Crippen LogP) is 5.40. The van der Waals surface area contributed by atoms with Crippen LogP contribution in [-0.4, -0.2) is 61.8 Å². The molecule has 7 heteroatoms. The number of fused-ring (bicyclic) bond motifs is 1. The Morgan fingerprint density at radius 1 is 0.972 bits per heavy atom. The molecule has 3 aliphatic rings. The molecule has 0 saturated carbocycles. The Balaban J connectivity index is 1.09. The molecular formula is C29H39N3O4. The summed E-state index contributed by atoms with van der Waals surface area (Å²) in [5, 5.41) is 3.04. The molecule has 1 spiro atoms. The van der Waals surface area contributed by atoms with Crippen LogP contribution in [0.25, 0.3) is 0 Å². The van der Waals surface area contributed by atoms with Crippen LogP contribution >= 0.6 is 0 Å². The van der Waals surface area contributed by atoms with Gasteiger partial charge in [0.25, 0.3) is 0 Å². The lowest BCUT2D eigenvalue weighted by Gasteiger charge is -2.47. The Morgan fingerprint density at radius 3 is 2.42 bits per heavy atom. The lowest BCUT2D eigenvalue weighted by Crippen LogP contribution is -2.49. The molecule has 3 heterocycles. The predicted molar refractivity (Wildman–Crippen MR) is 141 cm³/mol. The minimum Gasteiger partial charge on any atom is -0.493 e. The summed E-state index contributed by atoms with van der Waals surface area (Å²) in [4.78, 5) is 17.4. The summed E-state index contributed by atoms with van der Waals surface area (Å²) in [6.07, 6.45) is 4.53. The average molecular weight is 494 g/mol. The first-order valence-corrected chi connectivity index (χ1v) is 13.4. The highest BCUT2D eigenvalue weighted by atomic mass is 16.6. The molecule has 2 aromatic carbocycles. The summed E-state index contributed by atoms with van der Waals surface area (Å²) >= 11 is 0. The van der Waals surface area contributed by atoms with Crippen LogP contribution in [-0.2, 0) is 6.54 Å². The van der Waals surface area contributed by atoms with Crippen LogP contribution in [0.4, 0.5) is 10.5 Å². The molecule has 0 aromatic heterocycles.